The van der Waals surface area contributed by atoms with Crippen molar-refractivity contribution >= 4 is 17.6 Å². The number of hydrogen-bond donors (Lipinski definition) is 1. The second-order valence-electron chi connectivity index (χ2n) is 5.06. The van der Waals surface area contributed by atoms with Gasteiger partial charge in [0.15, 0.2) is 0 Å². The van der Waals surface area contributed by atoms with Crippen LogP contribution in [0, 0.1) is 12.8 Å². The first kappa shape index (κ1) is 13.7. The fourth-order valence-corrected chi connectivity index (χ4v) is 2.77. The Morgan fingerprint density at radius 1 is 1.57 bits per heavy atom. The highest BCUT2D eigenvalue weighted by atomic mass is 16.5. The fourth-order valence-electron chi connectivity index (χ4n) is 2.77. The van der Waals surface area contributed by atoms with Crippen LogP contribution in [0.15, 0.2) is 12.4 Å². The van der Waals surface area contributed by atoms with Crippen LogP contribution in [0.25, 0.3) is 5.78 Å². The van der Waals surface area contributed by atoms with E-state index in [-0.39, 0.29) is 12.6 Å². The minimum Gasteiger partial charge on any atom is -0.481 e. The molecular weight excluding hydrogens is 274 g/mol. The maximum Gasteiger partial charge on any atom is 0.311 e. The van der Waals surface area contributed by atoms with E-state index in [1.807, 2.05) is 24.8 Å². The maximum absolute atomic E-state index is 11.4. The number of hydrogen-bond acceptors (Lipinski definition) is 6. The van der Waals surface area contributed by atoms with Gasteiger partial charge in [0.05, 0.1) is 19.3 Å². The third kappa shape index (κ3) is 2.31. The lowest BCUT2D eigenvalue weighted by Gasteiger charge is -2.31. The van der Waals surface area contributed by atoms with Crippen LogP contribution < -0.4 is 4.90 Å². The Labute approximate surface area is 121 Å². The number of aliphatic carboxylic acids is 1. The second kappa shape index (κ2) is 5.28. The predicted octanol–water partition coefficient (Wildman–Crippen LogP) is 0.359. The maximum atomic E-state index is 11.4. The highest BCUT2D eigenvalue weighted by Crippen LogP contribution is 2.26. The van der Waals surface area contributed by atoms with Crippen LogP contribution in [-0.2, 0) is 9.53 Å². The molecule has 0 aliphatic carbocycles. The van der Waals surface area contributed by atoms with Gasteiger partial charge in [-0.25, -0.2) is 4.98 Å². The van der Waals surface area contributed by atoms with Gasteiger partial charge in [-0.3, -0.25) is 4.79 Å². The van der Waals surface area contributed by atoms with Gasteiger partial charge in [0.2, 0.25) is 0 Å². The van der Waals surface area contributed by atoms with Crippen LogP contribution in [0.1, 0.15) is 12.6 Å². The Morgan fingerprint density at radius 3 is 3.10 bits per heavy atom. The van der Waals surface area contributed by atoms with Crippen LogP contribution in [0.3, 0.4) is 0 Å². The van der Waals surface area contributed by atoms with E-state index in [0.29, 0.717) is 18.9 Å². The van der Waals surface area contributed by atoms with Gasteiger partial charge in [-0.05, 0) is 13.8 Å². The molecule has 112 valence electrons. The number of nitrogens with zero attached hydrogens (tertiary/aromatic N) is 5. The number of aryl methyl sites for hydroxylation is 1. The summed E-state index contributed by atoms with van der Waals surface area (Å²) in [5.74, 6) is -0.0814. The van der Waals surface area contributed by atoms with Crippen molar-refractivity contribution in [3.8, 4) is 0 Å². The Balaban J connectivity index is 2.06. The highest BCUT2D eigenvalue weighted by molar-refractivity contribution is 5.72. The average molecular weight is 291 g/mol. The summed E-state index contributed by atoms with van der Waals surface area (Å²) < 4.78 is 7.01. The molecule has 8 nitrogen and oxygen atoms in total. The molecule has 3 heterocycles. The van der Waals surface area contributed by atoms with Crippen LogP contribution in [-0.4, -0.2) is 56.5 Å². The Kier molecular flexibility index (Phi) is 3.46. The van der Waals surface area contributed by atoms with Crippen molar-refractivity contribution in [3.05, 3.63) is 18.1 Å². The third-order valence-electron chi connectivity index (χ3n) is 3.76. The van der Waals surface area contributed by atoms with Crippen molar-refractivity contribution in [2.24, 2.45) is 5.92 Å². The van der Waals surface area contributed by atoms with Gasteiger partial charge in [-0.1, -0.05) is 0 Å². The number of anilines is 1. The van der Waals surface area contributed by atoms with E-state index in [0.717, 1.165) is 11.5 Å². The highest BCUT2D eigenvalue weighted by Gasteiger charge is 2.38. The third-order valence-corrected chi connectivity index (χ3v) is 3.76. The Morgan fingerprint density at radius 2 is 2.38 bits per heavy atom. The van der Waals surface area contributed by atoms with Crippen molar-refractivity contribution in [1.82, 2.24) is 19.6 Å². The molecule has 0 bridgehead atoms. The van der Waals surface area contributed by atoms with Gasteiger partial charge < -0.3 is 14.7 Å². The molecule has 8 heteroatoms. The van der Waals surface area contributed by atoms with E-state index in [2.05, 4.69) is 15.1 Å². The lowest BCUT2D eigenvalue weighted by molar-refractivity contribution is -0.141. The van der Waals surface area contributed by atoms with Gasteiger partial charge in [0.1, 0.15) is 18.1 Å². The number of carbonyl (C=O) groups is 1. The number of aromatic nitrogens is 4. The van der Waals surface area contributed by atoms with Crippen molar-refractivity contribution in [2.75, 3.05) is 24.7 Å². The zero-order valence-electron chi connectivity index (χ0n) is 11.9. The van der Waals surface area contributed by atoms with Crippen molar-refractivity contribution in [1.29, 1.82) is 0 Å². The number of rotatable bonds is 4. The SMILES string of the molecule is CCN(c1cc(C)nc2ncnn12)C1COCC1C(=O)O. The molecule has 1 fully saturated rings. The van der Waals surface area contributed by atoms with Gasteiger partial charge in [-0.2, -0.15) is 14.6 Å². The lowest BCUT2D eigenvalue weighted by atomic mass is 10.0. The van der Waals surface area contributed by atoms with Gasteiger partial charge in [-0.15, -0.1) is 0 Å². The summed E-state index contributed by atoms with van der Waals surface area (Å²) in [5.41, 5.74) is 0.815. The zero-order chi connectivity index (χ0) is 15.0. The van der Waals surface area contributed by atoms with Crippen LogP contribution in [0.2, 0.25) is 0 Å². The first-order chi connectivity index (χ1) is 10.1. The van der Waals surface area contributed by atoms with Crippen LogP contribution in [0.4, 0.5) is 5.82 Å². The standard InChI is InChI=1S/C13H17N5O3/c1-3-17(10-6-21-5-9(10)12(19)20)11-4-8(2)16-13-14-7-15-18(11)13/h4,7,9-10H,3,5-6H2,1-2H3,(H,19,20). The Hall–Kier alpha value is -2.22. The van der Waals surface area contributed by atoms with E-state index in [1.165, 1.54) is 6.33 Å². The normalized spacial score (nSPS) is 21.8. The van der Waals surface area contributed by atoms with Crippen molar-refractivity contribution in [2.45, 2.75) is 19.9 Å². The average Bonchev–Trinajstić information content (AvgIpc) is 3.07. The quantitative estimate of drug-likeness (QED) is 0.869. The number of fused-ring (bicyclic) bond motifs is 1. The molecule has 2 aromatic rings. The second-order valence-corrected chi connectivity index (χ2v) is 5.06. The van der Waals surface area contributed by atoms with Crippen molar-refractivity contribution in [3.63, 3.8) is 0 Å². The summed E-state index contributed by atoms with van der Waals surface area (Å²) in [6, 6.07) is 1.67. The molecule has 0 aromatic carbocycles. The molecule has 0 amide bonds. The van der Waals surface area contributed by atoms with Crippen molar-refractivity contribution < 1.29 is 14.6 Å². The van der Waals surface area contributed by atoms with Crippen LogP contribution >= 0.6 is 0 Å². The molecule has 0 saturated carbocycles. The van der Waals surface area contributed by atoms with E-state index < -0.39 is 11.9 Å². The van der Waals surface area contributed by atoms with Crippen LogP contribution in [0.5, 0.6) is 0 Å². The Bertz CT molecular complexity index is 671. The number of ether oxygens (including phenoxy) is 1. The lowest BCUT2D eigenvalue weighted by Crippen LogP contribution is -2.44. The van der Waals surface area contributed by atoms with E-state index in [9.17, 15) is 9.90 Å². The molecule has 0 spiro atoms. The molecule has 1 saturated heterocycles. The van der Waals surface area contributed by atoms with Gasteiger partial charge in [0, 0.05) is 18.3 Å². The summed E-state index contributed by atoms with van der Waals surface area (Å²) in [7, 11) is 0. The summed E-state index contributed by atoms with van der Waals surface area (Å²) in [5, 5.41) is 13.5. The molecule has 1 aliphatic heterocycles. The predicted molar refractivity (Wildman–Crippen MR) is 74.3 cm³/mol. The molecule has 0 radical (unpaired) electrons. The summed E-state index contributed by atoms with van der Waals surface area (Å²) in [6.07, 6.45) is 1.44. The fraction of sp³-hybridized carbons (Fsp3) is 0.538. The first-order valence-corrected chi connectivity index (χ1v) is 6.86. The smallest absolute Gasteiger partial charge is 0.311 e. The van der Waals surface area contributed by atoms with E-state index >= 15 is 0 Å². The summed E-state index contributed by atoms with van der Waals surface area (Å²) in [6.45, 7) is 5.14. The molecule has 2 aromatic heterocycles. The molecule has 3 rings (SSSR count). The summed E-state index contributed by atoms with van der Waals surface area (Å²) in [4.78, 5) is 21.8. The number of likely N-dealkylation sites (N-methyl/N-ethyl adjacent to an activating group) is 1. The minimum absolute atomic E-state index is 0.221. The number of carboxylic acid groups (broad SMARTS) is 1. The first-order valence-electron chi connectivity index (χ1n) is 6.86. The molecule has 21 heavy (non-hydrogen) atoms. The van der Waals surface area contributed by atoms with E-state index in [4.69, 9.17) is 4.74 Å². The molecule has 2 atom stereocenters. The minimum atomic E-state index is -0.837. The molecule has 1 N–H and O–H groups in total. The zero-order valence-corrected chi connectivity index (χ0v) is 11.9. The molecule has 2 unspecified atom stereocenters. The number of carboxylic acids is 1. The molecule has 1 aliphatic rings. The van der Waals surface area contributed by atoms with Gasteiger partial charge in [0.25, 0.3) is 5.78 Å². The monoisotopic (exact) mass is 291 g/mol. The summed E-state index contributed by atoms with van der Waals surface area (Å²) >= 11 is 0. The topological polar surface area (TPSA) is 92.9 Å². The molecular formula is C13H17N5O3. The van der Waals surface area contributed by atoms with Gasteiger partial charge >= 0.3 is 5.97 Å². The van der Waals surface area contributed by atoms with E-state index in [1.54, 1.807) is 4.52 Å². The largest absolute Gasteiger partial charge is 0.481 e.